The molecule has 0 unspecified atom stereocenters. The number of carbonyl (C=O) groups excluding carboxylic acids is 2. The van der Waals surface area contributed by atoms with E-state index in [1.807, 2.05) is 26.0 Å². The van der Waals surface area contributed by atoms with Crippen molar-refractivity contribution in [2.45, 2.75) is 103 Å². The first kappa shape index (κ1) is 32.6. The van der Waals surface area contributed by atoms with Gasteiger partial charge in [-0.05, 0) is 62.6 Å². The van der Waals surface area contributed by atoms with E-state index in [1.165, 1.54) is 11.3 Å². The van der Waals surface area contributed by atoms with Gasteiger partial charge in [0.2, 0.25) is 0 Å². The summed E-state index contributed by atoms with van der Waals surface area (Å²) in [5.41, 5.74) is -1.90. The van der Waals surface area contributed by atoms with Gasteiger partial charge in [-0.1, -0.05) is 46.8 Å². The Morgan fingerprint density at radius 3 is 2.14 bits per heavy atom. The first-order chi connectivity index (χ1) is 19.8. The number of likely N-dealkylation sites (tertiary alicyclic amines) is 1. The van der Waals surface area contributed by atoms with E-state index >= 15 is 0 Å². The fourth-order valence-corrected chi connectivity index (χ4v) is 6.48. The van der Waals surface area contributed by atoms with Crippen LogP contribution in [0.5, 0.6) is 0 Å². The molecule has 232 valence electrons. The molecule has 7 nitrogen and oxygen atoms in total. The third-order valence-electron chi connectivity index (χ3n) is 7.47. The topological polar surface area (TPSA) is 85.3 Å². The maximum Gasteiger partial charge on any atom is 0.434 e. The van der Waals surface area contributed by atoms with Crippen molar-refractivity contribution >= 4 is 23.2 Å². The minimum atomic E-state index is -4.66. The van der Waals surface area contributed by atoms with Crippen molar-refractivity contribution in [3.8, 4) is 0 Å². The molecule has 2 aromatic heterocycles. The Labute approximate surface area is 254 Å². The monoisotopic (exact) mass is 616 g/mol. The number of nitrogens with zero attached hydrogens (tertiary/aromatic N) is 4. The zero-order chi connectivity index (χ0) is 32.0. The first-order valence-electron chi connectivity index (χ1n) is 14.3. The summed E-state index contributed by atoms with van der Waals surface area (Å²) in [5, 5.41) is 2.31. The van der Waals surface area contributed by atoms with E-state index in [0.717, 1.165) is 11.8 Å². The molecule has 1 amide bonds. The number of ether oxygens (including phenoxy) is 1. The van der Waals surface area contributed by atoms with Crippen LogP contribution in [0, 0.1) is 5.92 Å². The average Bonchev–Trinajstić information content (AvgIpc) is 3.53. The number of thiazole rings is 1. The number of amides is 1. The summed E-state index contributed by atoms with van der Waals surface area (Å²) in [6.45, 7) is 15.4. The fraction of sp³-hybridized carbons (Fsp3) is 0.531. The lowest BCUT2D eigenvalue weighted by Gasteiger charge is -2.41. The highest BCUT2D eigenvalue weighted by Gasteiger charge is 2.61. The van der Waals surface area contributed by atoms with Crippen molar-refractivity contribution in [3.63, 3.8) is 0 Å². The van der Waals surface area contributed by atoms with Crippen LogP contribution in [-0.2, 0) is 21.1 Å². The number of esters is 1. The van der Waals surface area contributed by atoms with E-state index in [9.17, 15) is 22.8 Å². The van der Waals surface area contributed by atoms with E-state index < -0.39 is 46.8 Å². The summed E-state index contributed by atoms with van der Waals surface area (Å²) >= 11 is 1.31. The number of hydrogen-bond acceptors (Lipinski definition) is 7. The molecule has 0 bridgehead atoms. The van der Waals surface area contributed by atoms with Gasteiger partial charge in [-0.3, -0.25) is 9.78 Å². The Morgan fingerprint density at radius 1 is 1.02 bits per heavy atom. The number of aromatic nitrogens is 3. The van der Waals surface area contributed by atoms with Crippen LogP contribution in [0.3, 0.4) is 0 Å². The normalized spacial score (nSPS) is 21.3. The summed E-state index contributed by atoms with van der Waals surface area (Å²) in [6, 6.07) is 6.51. The zero-order valence-corrected chi connectivity index (χ0v) is 26.6. The molecule has 3 heterocycles. The van der Waals surface area contributed by atoms with Gasteiger partial charge >= 0.3 is 12.1 Å². The van der Waals surface area contributed by atoms with Gasteiger partial charge in [0, 0.05) is 29.3 Å². The van der Waals surface area contributed by atoms with Gasteiger partial charge in [-0.2, -0.15) is 13.2 Å². The van der Waals surface area contributed by atoms with Crippen molar-refractivity contribution in [2.24, 2.45) is 5.92 Å². The zero-order valence-electron chi connectivity index (χ0n) is 25.8. The molecule has 0 radical (unpaired) electrons. The second-order valence-corrected chi connectivity index (χ2v) is 14.5. The van der Waals surface area contributed by atoms with E-state index in [2.05, 4.69) is 35.7 Å². The quantitative estimate of drug-likeness (QED) is 0.263. The highest BCUT2D eigenvalue weighted by molar-refractivity contribution is 7.09. The SMILES string of the molecule is CC(C)C[C@@]1(C(=O)OC(C)(C)C)C[C@@H](c2cnc(C(F)(F)F)cn2)[C@H](c2nccs2)N1C(=O)c1ccc(C(C)(C)C)cc1. The van der Waals surface area contributed by atoms with Gasteiger partial charge in [-0.25, -0.2) is 14.8 Å². The largest absolute Gasteiger partial charge is 0.458 e. The minimum Gasteiger partial charge on any atom is -0.458 e. The summed E-state index contributed by atoms with van der Waals surface area (Å²) in [7, 11) is 0. The van der Waals surface area contributed by atoms with Gasteiger partial charge in [0.05, 0.1) is 17.9 Å². The lowest BCUT2D eigenvalue weighted by atomic mass is 9.82. The molecular formula is C32H39F3N4O3S. The number of halogens is 3. The van der Waals surface area contributed by atoms with Crippen molar-refractivity contribution in [1.82, 2.24) is 19.9 Å². The van der Waals surface area contributed by atoms with Gasteiger partial charge < -0.3 is 9.64 Å². The highest BCUT2D eigenvalue weighted by atomic mass is 32.1. The van der Waals surface area contributed by atoms with Crippen LogP contribution >= 0.6 is 11.3 Å². The van der Waals surface area contributed by atoms with E-state index in [0.29, 0.717) is 16.8 Å². The molecule has 4 rings (SSSR count). The van der Waals surface area contributed by atoms with Crippen molar-refractivity contribution in [3.05, 3.63) is 75.8 Å². The number of carbonyl (C=O) groups is 2. The maximum atomic E-state index is 14.7. The Morgan fingerprint density at radius 2 is 1.67 bits per heavy atom. The van der Waals surface area contributed by atoms with E-state index in [-0.39, 0.29) is 29.9 Å². The Hall–Kier alpha value is -3.34. The van der Waals surface area contributed by atoms with Crippen molar-refractivity contribution in [2.75, 3.05) is 0 Å². The predicted molar refractivity (Wildman–Crippen MR) is 159 cm³/mol. The van der Waals surface area contributed by atoms with Gasteiger partial charge in [-0.15, -0.1) is 11.3 Å². The second-order valence-electron chi connectivity index (χ2n) is 13.6. The van der Waals surface area contributed by atoms with Gasteiger partial charge in [0.15, 0.2) is 5.69 Å². The van der Waals surface area contributed by atoms with Crippen LogP contribution in [0.15, 0.2) is 48.2 Å². The second kappa shape index (κ2) is 11.6. The van der Waals surface area contributed by atoms with Gasteiger partial charge in [0.25, 0.3) is 5.91 Å². The number of hydrogen-bond donors (Lipinski definition) is 0. The molecule has 3 aromatic rings. The molecule has 1 aliphatic rings. The smallest absolute Gasteiger partial charge is 0.434 e. The minimum absolute atomic E-state index is 0.0412. The van der Waals surface area contributed by atoms with Crippen LogP contribution in [0.2, 0.25) is 0 Å². The van der Waals surface area contributed by atoms with Crippen molar-refractivity contribution in [1.29, 1.82) is 0 Å². The number of rotatable bonds is 6. The molecule has 1 fully saturated rings. The van der Waals surface area contributed by atoms with E-state index in [1.54, 1.807) is 49.4 Å². The lowest BCUT2D eigenvalue weighted by molar-refractivity contribution is -0.168. The molecular weight excluding hydrogens is 577 g/mol. The fourth-order valence-electron chi connectivity index (χ4n) is 5.69. The molecule has 1 aliphatic heterocycles. The van der Waals surface area contributed by atoms with Crippen molar-refractivity contribution < 1.29 is 27.5 Å². The molecule has 1 aromatic carbocycles. The molecule has 43 heavy (non-hydrogen) atoms. The van der Waals surface area contributed by atoms with Crippen LogP contribution in [0.1, 0.15) is 113 Å². The average molecular weight is 617 g/mol. The van der Waals surface area contributed by atoms with E-state index in [4.69, 9.17) is 4.74 Å². The lowest BCUT2D eigenvalue weighted by Crippen LogP contribution is -2.56. The molecule has 3 atom stereocenters. The van der Waals surface area contributed by atoms with Crippen LogP contribution in [0.25, 0.3) is 0 Å². The van der Waals surface area contributed by atoms with Crippen LogP contribution in [-0.4, -0.2) is 42.9 Å². The highest BCUT2D eigenvalue weighted by Crippen LogP contribution is 2.55. The van der Waals surface area contributed by atoms with Crippen LogP contribution < -0.4 is 0 Å². The standard InChI is InChI=1S/C32H39F3N4O3S/c1-19(2)15-31(28(41)42-30(6,7)8)16-22(23-17-38-24(18-37-23)32(33,34)35)25(26-36-13-14-43-26)39(31)27(40)20-9-11-21(12-10-20)29(3,4)5/h9-14,17-19,22,25H,15-16H2,1-8H3/t22-,25+,31-/m0/s1. The molecule has 1 saturated heterocycles. The summed E-state index contributed by atoms with van der Waals surface area (Å²) in [6.07, 6.45) is -0.922. The summed E-state index contributed by atoms with van der Waals surface area (Å²) in [4.78, 5) is 42.9. The Bertz CT molecular complexity index is 1430. The molecule has 11 heteroatoms. The summed E-state index contributed by atoms with van der Waals surface area (Å²) < 4.78 is 46.1. The molecule has 0 aliphatic carbocycles. The molecule has 0 spiro atoms. The third kappa shape index (κ3) is 6.92. The Kier molecular flexibility index (Phi) is 8.81. The number of alkyl halides is 3. The summed E-state index contributed by atoms with van der Waals surface area (Å²) in [5.74, 6) is -1.68. The van der Waals surface area contributed by atoms with Crippen LogP contribution in [0.4, 0.5) is 13.2 Å². The van der Waals surface area contributed by atoms with Gasteiger partial charge in [0.1, 0.15) is 16.1 Å². The first-order valence-corrected chi connectivity index (χ1v) is 15.2. The maximum absolute atomic E-state index is 14.7. The Balaban J connectivity index is 1.94. The molecule has 0 saturated carbocycles. The predicted octanol–water partition coefficient (Wildman–Crippen LogP) is 7.75. The third-order valence-corrected chi connectivity index (χ3v) is 8.31. The number of benzene rings is 1. The molecule has 0 N–H and O–H groups in total.